The van der Waals surface area contributed by atoms with Crippen LogP contribution in [0.25, 0.3) is 0 Å². The molecule has 0 fully saturated rings. The zero-order valence-electron chi connectivity index (χ0n) is 12.2. The number of carbonyl (C=O) groups is 1. The number of carbonyl (C=O) groups excluding carboxylic acids is 1. The van der Waals surface area contributed by atoms with E-state index in [2.05, 4.69) is 10.0 Å². The quantitative estimate of drug-likeness (QED) is 0.552. The van der Waals surface area contributed by atoms with Gasteiger partial charge in [-0.15, -0.1) is 0 Å². The number of sulfonamides is 1. The Hall–Kier alpha value is -1.44. The molecule has 0 aliphatic carbocycles. The molecule has 0 heterocycles. The third-order valence-electron chi connectivity index (χ3n) is 3.00. The molecule has 0 aliphatic rings. The lowest BCUT2D eigenvalue weighted by Gasteiger charge is -2.15. The molecule has 0 radical (unpaired) electrons. The van der Waals surface area contributed by atoms with E-state index in [1.807, 2.05) is 30.3 Å². The Bertz CT molecular complexity index is 532. The van der Waals surface area contributed by atoms with Crippen LogP contribution in [-0.4, -0.2) is 40.2 Å². The third-order valence-corrected chi connectivity index (χ3v) is 3.73. The number of benzene rings is 1. The van der Waals surface area contributed by atoms with Crippen molar-refractivity contribution in [1.82, 2.24) is 10.0 Å². The Morgan fingerprint density at radius 1 is 1.24 bits per heavy atom. The summed E-state index contributed by atoms with van der Waals surface area (Å²) in [6.45, 7) is 1.01. The van der Waals surface area contributed by atoms with Crippen LogP contribution < -0.4 is 15.8 Å². The maximum atomic E-state index is 12.0. The van der Waals surface area contributed by atoms with Crippen LogP contribution in [0.15, 0.2) is 30.3 Å². The van der Waals surface area contributed by atoms with E-state index in [9.17, 15) is 13.2 Å². The molecular formula is C14H23N3O3S. The van der Waals surface area contributed by atoms with Gasteiger partial charge in [-0.2, -0.15) is 0 Å². The van der Waals surface area contributed by atoms with Crippen molar-refractivity contribution in [2.75, 3.05) is 25.9 Å². The SMILES string of the molecule is CS(=O)(=O)NCCCNC(=O)C(CN)Cc1ccccc1. The van der Waals surface area contributed by atoms with Crippen LogP contribution in [0.3, 0.4) is 0 Å². The molecule has 118 valence electrons. The van der Waals surface area contributed by atoms with Gasteiger partial charge in [0.15, 0.2) is 0 Å². The van der Waals surface area contributed by atoms with Crippen LogP contribution in [0, 0.1) is 5.92 Å². The molecule has 0 saturated heterocycles. The fourth-order valence-corrected chi connectivity index (χ4v) is 2.40. The number of amides is 1. The van der Waals surface area contributed by atoms with Crippen molar-refractivity contribution >= 4 is 15.9 Å². The van der Waals surface area contributed by atoms with E-state index in [0.29, 0.717) is 25.9 Å². The van der Waals surface area contributed by atoms with Crippen molar-refractivity contribution in [2.45, 2.75) is 12.8 Å². The first-order valence-corrected chi connectivity index (χ1v) is 8.78. The van der Waals surface area contributed by atoms with Crippen LogP contribution in [0.2, 0.25) is 0 Å². The van der Waals surface area contributed by atoms with Crippen molar-refractivity contribution in [2.24, 2.45) is 11.7 Å². The van der Waals surface area contributed by atoms with Crippen LogP contribution in [0.5, 0.6) is 0 Å². The number of nitrogens with one attached hydrogen (secondary N) is 2. The minimum Gasteiger partial charge on any atom is -0.356 e. The van der Waals surface area contributed by atoms with E-state index in [1.54, 1.807) is 0 Å². The molecule has 7 heteroatoms. The molecule has 1 unspecified atom stereocenters. The van der Waals surface area contributed by atoms with Crippen molar-refractivity contribution in [1.29, 1.82) is 0 Å². The third kappa shape index (κ3) is 7.79. The molecule has 1 amide bonds. The Labute approximate surface area is 126 Å². The number of hydrogen-bond donors (Lipinski definition) is 3. The standard InChI is InChI=1S/C14H23N3O3S/c1-21(19,20)17-9-5-8-16-14(18)13(11-15)10-12-6-3-2-4-7-12/h2-4,6-7,13,17H,5,8-11,15H2,1H3,(H,16,18). The summed E-state index contributed by atoms with van der Waals surface area (Å²) in [5, 5.41) is 2.79. The Kier molecular flexibility index (Phi) is 7.35. The fourth-order valence-electron chi connectivity index (χ4n) is 1.88. The highest BCUT2D eigenvalue weighted by Gasteiger charge is 2.16. The first-order chi connectivity index (χ1) is 9.92. The van der Waals surface area contributed by atoms with Gasteiger partial charge in [-0.1, -0.05) is 30.3 Å². The monoisotopic (exact) mass is 313 g/mol. The fraction of sp³-hybridized carbons (Fsp3) is 0.500. The Balaban J connectivity index is 2.32. The van der Waals surface area contributed by atoms with Gasteiger partial charge in [0.25, 0.3) is 0 Å². The number of hydrogen-bond acceptors (Lipinski definition) is 4. The van der Waals surface area contributed by atoms with Crippen molar-refractivity contribution in [3.05, 3.63) is 35.9 Å². The van der Waals surface area contributed by atoms with Gasteiger partial charge < -0.3 is 11.1 Å². The van der Waals surface area contributed by atoms with Gasteiger partial charge in [-0.05, 0) is 18.4 Å². The molecule has 21 heavy (non-hydrogen) atoms. The zero-order chi connectivity index (χ0) is 15.7. The summed E-state index contributed by atoms with van der Waals surface area (Å²) in [6.07, 6.45) is 2.25. The highest BCUT2D eigenvalue weighted by atomic mass is 32.2. The molecule has 1 aromatic carbocycles. The zero-order valence-corrected chi connectivity index (χ0v) is 13.0. The van der Waals surface area contributed by atoms with E-state index in [4.69, 9.17) is 5.73 Å². The predicted octanol–water partition coefficient (Wildman–Crippen LogP) is -0.140. The van der Waals surface area contributed by atoms with Crippen LogP contribution in [0.4, 0.5) is 0 Å². The van der Waals surface area contributed by atoms with E-state index in [-0.39, 0.29) is 18.4 Å². The lowest BCUT2D eigenvalue weighted by atomic mass is 9.98. The molecule has 0 bridgehead atoms. The second kappa shape index (κ2) is 8.76. The second-order valence-electron chi connectivity index (χ2n) is 4.93. The smallest absolute Gasteiger partial charge is 0.224 e. The van der Waals surface area contributed by atoms with Crippen LogP contribution in [-0.2, 0) is 21.2 Å². The minimum absolute atomic E-state index is 0.0966. The average Bonchev–Trinajstić information content (AvgIpc) is 2.44. The molecule has 1 rings (SSSR count). The summed E-state index contributed by atoms with van der Waals surface area (Å²) in [5.41, 5.74) is 6.73. The summed E-state index contributed by atoms with van der Waals surface area (Å²) in [5.74, 6) is -0.365. The first kappa shape index (κ1) is 17.6. The molecule has 0 aromatic heterocycles. The largest absolute Gasteiger partial charge is 0.356 e. The van der Waals surface area contributed by atoms with Gasteiger partial charge in [-0.25, -0.2) is 13.1 Å². The summed E-state index contributed by atoms with van der Waals surface area (Å²) < 4.78 is 24.1. The minimum atomic E-state index is -3.17. The highest BCUT2D eigenvalue weighted by molar-refractivity contribution is 7.88. The van der Waals surface area contributed by atoms with Crippen molar-refractivity contribution in [3.8, 4) is 0 Å². The molecule has 0 spiro atoms. The second-order valence-corrected chi connectivity index (χ2v) is 6.77. The molecule has 6 nitrogen and oxygen atoms in total. The van der Waals surface area contributed by atoms with E-state index >= 15 is 0 Å². The number of nitrogens with two attached hydrogens (primary N) is 1. The Morgan fingerprint density at radius 3 is 2.48 bits per heavy atom. The summed E-state index contributed by atoms with van der Waals surface area (Å²) in [6, 6.07) is 9.71. The van der Waals surface area contributed by atoms with Crippen molar-refractivity contribution in [3.63, 3.8) is 0 Å². The molecule has 0 saturated carbocycles. The summed E-state index contributed by atoms with van der Waals surface area (Å²) in [4.78, 5) is 12.0. The van der Waals surface area contributed by atoms with Crippen molar-refractivity contribution < 1.29 is 13.2 Å². The van der Waals surface area contributed by atoms with Gasteiger partial charge in [0, 0.05) is 19.6 Å². The van der Waals surface area contributed by atoms with Gasteiger partial charge in [0.2, 0.25) is 15.9 Å². The summed E-state index contributed by atoms with van der Waals surface area (Å²) >= 11 is 0. The molecular weight excluding hydrogens is 290 g/mol. The van der Waals surface area contributed by atoms with Crippen LogP contribution >= 0.6 is 0 Å². The molecule has 0 aliphatic heterocycles. The molecule has 1 atom stereocenters. The summed E-state index contributed by atoms with van der Waals surface area (Å²) in [7, 11) is -3.17. The highest BCUT2D eigenvalue weighted by Crippen LogP contribution is 2.07. The maximum absolute atomic E-state index is 12.0. The van der Waals surface area contributed by atoms with E-state index in [0.717, 1.165) is 11.8 Å². The molecule has 1 aromatic rings. The van der Waals surface area contributed by atoms with E-state index in [1.165, 1.54) is 0 Å². The van der Waals surface area contributed by atoms with E-state index < -0.39 is 10.0 Å². The van der Waals surface area contributed by atoms with Gasteiger partial charge >= 0.3 is 0 Å². The lowest BCUT2D eigenvalue weighted by molar-refractivity contribution is -0.124. The van der Waals surface area contributed by atoms with Gasteiger partial charge in [-0.3, -0.25) is 4.79 Å². The van der Waals surface area contributed by atoms with Gasteiger partial charge in [0.05, 0.1) is 12.2 Å². The Morgan fingerprint density at radius 2 is 1.90 bits per heavy atom. The first-order valence-electron chi connectivity index (χ1n) is 6.88. The van der Waals surface area contributed by atoms with Gasteiger partial charge in [0.1, 0.15) is 0 Å². The molecule has 4 N–H and O–H groups in total. The topological polar surface area (TPSA) is 101 Å². The lowest BCUT2D eigenvalue weighted by Crippen LogP contribution is -2.37. The number of rotatable bonds is 9. The maximum Gasteiger partial charge on any atom is 0.224 e. The average molecular weight is 313 g/mol. The van der Waals surface area contributed by atoms with Crippen LogP contribution in [0.1, 0.15) is 12.0 Å². The predicted molar refractivity (Wildman–Crippen MR) is 83.2 cm³/mol. The normalized spacial score (nSPS) is 12.9.